The minimum Gasteiger partial charge on any atom is -0.476 e. The Hall–Kier alpha value is -2.74. The number of pyridine rings is 1. The van der Waals surface area contributed by atoms with Crippen molar-refractivity contribution in [2.75, 3.05) is 11.9 Å². The molecule has 0 bridgehead atoms. The number of thiazole rings is 1. The van der Waals surface area contributed by atoms with Gasteiger partial charge in [-0.05, 0) is 44.2 Å². The highest BCUT2D eigenvalue weighted by Gasteiger charge is 2.40. The maximum Gasteiger partial charge on any atom is 0.290 e. The van der Waals surface area contributed by atoms with Crippen molar-refractivity contribution in [3.8, 4) is 5.88 Å². The molecule has 7 nitrogen and oxygen atoms in total. The Labute approximate surface area is 179 Å². The molecule has 3 heterocycles. The lowest BCUT2D eigenvalue weighted by Crippen LogP contribution is -2.24. The summed E-state index contributed by atoms with van der Waals surface area (Å²) in [4.78, 5) is 22.6. The molecule has 5 rings (SSSR count). The summed E-state index contributed by atoms with van der Waals surface area (Å²) in [5, 5.41) is 8.46. The van der Waals surface area contributed by atoms with Gasteiger partial charge in [-0.15, -0.1) is 16.4 Å². The van der Waals surface area contributed by atoms with Crippen molar-refractivity contribution in [3.05, 3.63) is 61.6 Å². The fourth-order valence-corrected chi connectivity index (χ4v) is 4.81. The van der Waals surface area contributed by atoms with Gasteiger partial charge in [0, 0.05) is 47.4 Å². The average molecular weight is 424 g/mol. The molecule has 2 aliphatic rings. The van der Waals surface area contributed by atoms with Crippen molar-refractivity contribution >= 4 is 17.0 Å². The summed E-state index contributed by atoms with van der Waals surface area (Å²) in [6.45, 7) is 3.11. The van der Waals surface area contributed by atoms with Crippen LogP contribution >= 0.6 is 11.3 Å². The minimum absolute atomic E-state index is 0.171. The molecule has 2 unspecified atom stereocenters. The second kappa shape index (κ2) is 7.83. The van der Waals surface area contributed by atoms with E-state index in [9.17, 15) is 4.79 Å². The zero-order valence-corrected chi connectivity index (χ0v) is 18.0. The number of rotatable bonds is 7. The van der Waals surface area contributed by atoms with Gasteiger partial charge in [-0.1, -0.05) is 6.07 Å². The number of nitrogens with one attached hydrogen (secondary N) is 1. The normalized spacial score (nSPS) is 19.5. The van der Waals surface area contributed by atoms with E-state index in [1.54, 1.807) is 24.5 Å². The molecule has 0 aliphatic heterocycles. The van der Waals surface area contributed by atoms with E-state index >= 15 is 0 Å². The summed E-state index contributed by atoms with van der Waals surface area (Å²) < 4.78 is 7.28. The van der Waals surface area contributed by atoms with E-state index in [4.69, 9.17) is 9.72 Å². The molecule has 1 saturated carbocycles. The molecule has 0 aromatic carbocycles. The second-order valence-electron chi connectivity index (χ2n) is 8.13. The molecule has 8 heteroatoms. The van der Waals surface area contributed by atoms with Crippen LogP contribution in [0.4, 0.5) is 5.69 Å². The van der Waals surface area contributed by atoms with E-state index in [2.05, 4.69) is 27.5 Å². The summed E-state index contributed by atoms with van der Waals surface area (Å²) in [6, 6.07) is 6.13. The van der Waals surface area contributed by atoms with Crippen molar-refractivity contribution in [3.63, 3.8) is 0 Å². The molecular formula is C22H25N5O2S. The van der Waals surface area contributed by atoms with Gasteiger partial charge in [-0.2, -0.15) is 0 Å². The third-order valence-electron chi connectivity index (χ3n) is 5.86. The van der Waals surface area contributed by atoms with Crippen molar-refractivity contribution in [2.45, 2.75) is 45.1 Å². The van der Waals surface area contributed by atoms with Gasteiger partial charge in [-0.3, -0.25) is 9.78 Å². The third-order valence-corrected chi connectivity index (χ3v) is 6.77. The van der Waals surface area contributed by atoms with Gasteiger partial charge in [0.15, 0.2) is 0 Å². The maximum atomic E-state index is 12.4. The highest BCUT2D eigenvalue weighted by atomic mass is 32.1. The summed E-state index contributed by atoms with van der Waals surface area (Å²) >= 11 is 1.61. The monoisotopic (exact) mass is 423 g/mol. The number of fused-ring (bicyclic) bond motifs is 1. The van der Waals surface area contributed by atoms with Gasteiger partial charge in [0.25, 0.3) is 5.56 Å². The fourth-order valence-electron chi connectivity index (χ4n) is 4.08. The Bertz CT molecular complexity index is 1140. The molecule has 30 heavy (non-hydrogen) atoms. The van der Waals surface area contributed by atoms with Crippen LogP contribution in [0.3, 0.4) is 0 Å². The van der Waals surface area contributed by atoms with Gasteiger partial charge in [-0.25, -0.2) is 9.67 Å². The zero-order chi connectivity index (χ0) is 20.7. The summed E-state index contributed by atoms with van der Waals surface area (Å²) in [7, 11) is 1.64. The van der Waals surface area contributed by atoms with Gasteiger partial charge >= 0.3 is 0 Å². The van der Waals surface area contributed by atoms with Crippen molar-refractivity contribution < 1.29 is 4.74 Å². The van der Waals surface area contributed by atoms with E-state index in [1.165, 1.54) is 28.1 Å². The van der Waals surface area contributed by atoms with Crippen LogP contribution in [-0.2, 0) is 26.4 Å². The van der Waals surface area contributed by atoms with Crippen LogP contribution in [0.1, 0.15) is 45.6 Å². The van der Waals surface area contributed by atoms with E-state index in [1.807, 2.05) is 13.1 Å². The zero-order valence-electron chi connectivity index (χ0n) is 17.2. The van der Waals surface area contributed by atoms with E-state index in [0.29, 0.717) is 36.6 Å². The molecule has 2 aliphatic carbocycles. The highest BCUT2D eigenvalue weighted by Crippen LogP contribution is 2.47. The number of nitrogens with zero attached hydrogens (tertiary/aromatic N) is 4. The molecular weight excluding hydrogens is 398 g/mol. The molecule has 1 N–H and O–H groups in total. The van der Waals surface area contributed by atoms with Crippen LogP contribution in [0.15, 0.2) is 29.2 Å². The average Bonchev–Trinajstić information content (AvgIpc) is 3.14. The summed E-state index contributed by atoms with van der Waals surface area (Å²) in [5.74, 6) is 1.39. The molecule has 156 valence electrons. The van der Waals surface area contributed by atoms with Gasteiger partial charge in [0.1, 0.15) is 5.69 Å². The first-order valence-corrected chi connectivity index (χ1v) is 11.2. The topological polar surface area (TPSA) is 81.9 Å². The van der Waals surface area contributed by atoms with E-state index in [-0.39, 0.29) is 5.56 Å². The molecule has 0 radical (unpaired) electrons. The number of aromatic nitrogens is 4. The van der Waals surface area contributed by atoms with Crippen LogP contribution in [0.2, 0.25) is 0 Å². The van der Waals surface area contributed by atoms with Gasteiger partial charge in [0.05, 0.1) is 18.2 Å². The first kappa shape index (κ1) is 19.2. The van der Waals surface area contributed by atoms with Crippen LogP contribution in [0.25, 0.3) is 0 Å². The molecule has 0 amide bonds. The molecule has 0 saturated heterocycles. The Kier molecular flexibility index (Phi) is 5.02. The number of ether oxygens (including phenoxy) is 1. The number of hydrogen-bond donors (Lipinski definition) is 1. The fraction of sp³-hybridized carbons (Fsp3) is 0.455. The smallest absolute Gasteiger partial charge is 0.290 e. The SMILES string of the molecule is Cc1ncc(CNc2cc(OCC3CC3c3ccc4c(n3)CCC4)nn(C)c2=O)s1. The Morgan fingerprint density at radius 3 is 3.07 bits per heavy atom. The third kappa shape index (κ3) is 3.96. The number of aryl methyl sites for hydroxylation is 4. The van der Waals surface area contributed by atoms with Gasteiger partial charge in [0.2, 0.25) is 5.88 Å². The quantitative estimate of drug-likeness (QED) is 0.628. The maximum absolute atomic E-state index is 12.4. The second-order valence-corrected chi connectivity index (χ2v) is 9.45. The molecule has 2 atom stereocenters. The highest BCUT2D eigenvalue weighted by molar-refractivity contribution is 7.11. The summed E-state index contributed by atoms with van der Waals surface area (Å²) in [5.41, 5.74) is 4.21. The first-order chi connectivity index (χ1) is 14.6. The molecule has 1 fully saturated rings. The number of hydrogen-bond acceptors (Lipinski definition) is 7. The molecule has 0 spiro atoms. The molecule has 3 aromatic heterocycles. The minimum atomic E-state index is -0.171. The van der Waals surface area contributed by atoms with E-state index in [0.717, 1.165) is 29.1 Å². The molecule has 3 aromatic rings. The van der Waals surface area contributed by atoms with Crippen LogP contribution in [-0.4, -0.2) is 26.4 Å². The Balaban J connectivity index is 1.21. The van der Waals surface area contributed by atoms with Crippen LogP contribution in [0.5, 0.6) is 5.88 Å². The predicted octanol–water partition coefficient (Wildman–Crippen LogP) is 3.22. The lowest BCUT2D eigenvalue weighted by Gasteiger charge is -2.10. The summed E-state index contributed by atoms with van der Waals surface area (Å²) in [6.07, 6.45) is 6.41. The standard InChI is InChI=1S/C22H25N5O2S/c1-13-23-10-16(30-13)11-24-20-9-21(26-27(2)22(20)28)29-12-15-8-17(15)19-7-6-14-4-3-5-18(14)25-19/h6-7,9-10,15,17,24H,3-5,8,11-12H2,1-2H3. The van der Waals surface area contributed by atoms with Crippen molar-refractivity contribution in [1.82, 2.24) is 19.7 Å². The Morgan fingerprint density at radius 2 is 2.23 bits per heavy atom. The van der Waals surface area contributed by atoms with Gasteiger partial charge < -0.3 is 10.1 Å². The predicted molar refractivity (Wildman–Crippen MR) is 116 cm³/mol. The lowest BCUT2D eigenvalue weighted by atomic mass is 10.1. The Morgan fingerprint density at radius 1 is 1.33 bits per heavy atom. The van der Waals surface area contributed by atoms with Crippen LogP contribution in [0, 0.1) is 12.8 Å². The largest absolute Gasteiger partial charge is 0.476 e. The van der Waals surface area contributed by atoms with E-state index < -0.39 is 0 Å². The first-order valence-electron chi connectivity index (χ1n) is 10.4. The number of anilines is 1. The van der Waals surface area contributed by atoms with Crippen LogP contribution < -0.4 is 15.6 Å². The van der Waals surface area contributed by atoms with Crippen molar-refractivity contribution in [2.24, 2.45) is 13.0 Å². The van der Waals surface area contributed by atoms with Crippen molar-refractivity contribution in [1.29, 1.82) is 0 Å². The lowest BCUT2D eigenvalue weighted by molar-refractivity contribution is 0.278.